The second-order valence-corrected chi connectivity index (χ2v) is 4.86. The minimum Gasteiger partial charge on any atom is -0.382 e. The van der Waals surface area contributed by atoms with E-state index in [-0.39, 0.29) is 0 Å². The molecule has 0 amide bonds. The molecule has 0 spiro atoms. The number of benzene rings is 1. The molecule has 1 heterocycles. The van der Waals surface area contributed by atoms with Gasteiger partial charge in [0.05, 0.1) is 0 Å². The van der Waals surface area contributed by atoms with E-state index in [9.17, 15) is 0 Å². The molecule has 3 N–H and O–H groups in total. The van der Waals surface area contributed by atoms with Crippen LogP contribution in [0.15, 0.2) is 22.7 Å². The van der Waals surface area contributed by atoms with Crippen molar-refractivity contribution in [2.24, 2.45) is 5.73 Å². The van der Waals surface area contributed by atoms with Gasteiger partial charge in [0.25, 0.3) is 0 Å². The summed E-state index contributed by atoms with van der Waals surface area (Å²) in [4.78, 5) is 0. The number of halogens is 1. The number of rotatable bonds is 1. The predicted molar refractivity (Wildman–Crippen MR) is 63.6 cm³/mol. The average Bonchev–Trinajstić information content (AvgIpc) is 2.17. The third-order valence-electron chi connectivity index (χ3n) is 2.78. The Hall–Kier alpha value is -0.540. The molecule has 1 aromatic rings. The molecule has 2 rings (SSSR count). The number of fused-ring (bicyclic) bond motifs is 1. The summed E-state index contributed by atoms with van der Waals surface area (Å²) in [5, 5.41) is 3.47. The first-order valence-corrected chi connectivity index (χ1v) is 5.76. The molecule has 0 radical (unpaired) electrons. The summed E-state index contributed by atoms with van der Waals surface area (Å²) in [5.74, 6) is 0.499. The molecule has 2 atom stereocenters. The second kappa shape index (κ2) is 3.91. The normalized spacial score (nSPS) is 25.4. The number of hydrogen-bond acceptors (Lipinski definition) is 2. The van der Waals surface area contributed by atoms with Crippen LogP contribution in [0.1, 0.15) is 24.8 Å². The number of hydrogen-bond donors (Lipinski definition) is 2. The summed E-state index contributed by atoms with van der Waals surface area (Å²) in [7, 11) is 0. The maximum absolute atomic E-state index is 5.79. The van der Waals surface area contributed by atoms with Crippen molar-refractivity contribution < 1.29 is 0 Å². The molecule has 0 bridgehead atoms. The van der Waals surface area contributed by atoms with Crippen LogP contribution in [0.4, 0.5) is 5.69 Å². The fourth-order valence-electron chi connectivity index (χ4n) is 2.10. The van der Waals surface area contributed by atoms with E-state index < -0.39 is 0 Å². The van der Waals surface area contributed by atoms with Gasteiger partial charge in [0, 0.05) is 22.1 Å². The van der Waals surface area contributed by atoms with Crippen LogP contribution in [0.25, 0.3) is 0 Å². The fourth-order valence-corrected chi connectivity index (χ4v) is 2.48. The number of nitrogens with two attached hydrogens (primary N) is 1. The molecule has 0 aromatic heterocycles. The Morgan fingerprint density at radius 1 is 1.57 bits per heavy atom. The zero-order chi connectivity index (χ0) is 10.1. The van der Waals surface area contributed by atoms with Gasteiger partial charge >= 0.3 is 0 Å². The smallest absolute Gasteiger partial charge is 0.0378 e. The van der Waals surface area contributed by atoms with Crippen molar-refractivity contribution in [1.82, 2.24) is 0 Å². The first-order valence-electron chi connectivity index (χ1n) is 4.96. The molecule has 3 heteroatoms. The molecule has 0 fully saturated rings. The van der Waals surface area contributed by atoms with Crippen molar-refractivity contribution in [3.8, 4) is 0 Å². The molecule has 76 valence electrons. The lowest BCUT2D eigenvalue weighted by Crippen LogP contribution is -2.28. The van der Waals surface area contributed by atoms with E-state index in [1.54, 1.807) is 0 Å². The van der Waals surface area contributed by atoms with Gasteiger partial charge in [-0.2, -0.15) is 0 Å². The minimum absolute atomic E-state index is 0.499. The van der Waals surface area contributed by atoms with Gasteiger partial charge in [0.1, 0.15) is 0 Å². The molecule has 0 saturated heterocycles. The van der Waals surface area contributed by atoms with Crippen molar-refractivity contribution in [3.63, 3.8) is 0 Å². The fraction of sp³-hybridized carbons (Fsp3) is 0.455. The zero-order valence-corrected chi connectivity index (χ0v) is 9.84. The quantitative estimate of drug-likeness (QED) is 0.809. The Labute approximate surface area is 93.0 Å². The van der Waals surface area contributed by atoms with Crippen LogP contribution in [0.5, 0.6) is 0 Å². The second-order valence-electron chi connectivity index (χ2n) is 3.95. The summed E-state index contributed by atoms with van der Waals surface area (Å²) in [6, 6.07) is 6.89. The third-order valence-corrected chi connectivity index (χ3v) is 3.27. The van der Waals surface area contributed by atoms with Gasteiger partial charge < -0.3 is 11.1 Å². The van der Waals surface area contributed by atoms with Crippen molar-refractivity contribution in [2.75, 3.05) is 11.9 Å². The van der Waals surface area contributed by atoms with Gasteiger partial charge in [-0.15, -0.1) is 0 Å². The van der Waals surface area contributed by atoms with Crippen molar-refractivity contribution in [2.45, 2.75) is 25.3 Å². The zero-order valence-electron chi connectivity index (χ0n) is 8.26. The van der Waals surface area contributed by atoms with E-state index >= 15 is 0 Å². The highest BCUT2D eigenvalue weighted by Crippen LogP contribution is 2.35. The van der Waals surface area contributed by atoms with Gasteiger partial charge in [-0.05, 0) is 43.7 Å². The van der Waals surface area contributed by atoms with E-state index in [4.69, 9.17) is 5.73 Å². The van der Waals surface area contributed by atoms with Gasteiger partial charge in [-0.25, -0.2) is 0 Å². The van der Waals surface area contributed by atoms with Crippen LogP contribution >= 0.6 is 15.9 Å². The highest BCUT2D eigenvalue weighted by Gasteiger charge is 2.22. The monoisotopic (exact) mass is 254 g/mol. The maximum Gasteiger partial charge on any atom is 0.0378 e. The van der Waals surface area contributed by atoms with Gasteiger partial charge in [0.2, 0.25) is 0 Å². The highest BCUT2D eigenvalue weighted by atomic mass is 79.9. The van der Waals surface area contributed by atoms with E-state index in [1.807, 2.05) is 0 Å². The van der Waals surface area contributed by atoms with Crippen molar-refractivity contribution in [3.05, 3.63) is 28.2 Å². The third kappa shape index (κ3) is 1.79. The molecule has 1 aliphatic heterocycles. The van der Waals surface area contributed by atoms with Crippen LogP contribution in [-0.4, -0.2) is 12.6 Å². The molecule has 14 heavy (non-hydrogen) atoms. The summed E-state index contributed by atoms with van der Waals surface area (Å²) < 4.78 is 1.13. The lowest BCUT2D eigenvalue weighted by molar-refractivity contribution is 0.561. The van der Waals surface area contributed by atoms with Crippen LogP contribution in [0.3, 0.4) is 0 Å². The number of anilines is 1. The van der Waals surface area contributed by atoms with E-state index in [0.717, 1.165) is 17.4 Å². The largest absolute Gasteiger partial charge is 0.382 e. The Bertz CT molecular complexity index is 338. The Balaban J connectivity index is 2.41. The van der Waals surface area contributed by atoms with E-state index in [1.165, 1.54) is 11.3 Å². The first-order chi connectivity index (χ1) is 6.70. The Kier molecular flexibility index (Phi) is 2.79. The van der Waals surface area contributed by atoms with Crippen molar-refractivity contribution in [1.29, 1.82) is 0 Å². The number of nitrogens with one attached hydrogen (secondary N) is 1. The summed E-state index contributed by atoms with van der Waals surface area (Å²) >= 11 is 3.49. The topological polar surface area (TPSA) is 38.0 Å². The maximum atomic E-state index is 5.79. The molecular weight excluding hydrogens is 240 g/mol. The van der Waals surface area contributed by atoms with Crippen LogP contribution in [0, 0.1) is 0 Å². The summed E-state index contributed by atoms with van der Waals surface area (Å²) in [6.45, 7) is 2.93. The average molecular weight is 255 g/mol. The summed E-state index contributed by atoms with van der Waals surface area (Å²) in [5.41, 5.74) is 8.37. The van der Waals surface area contributed by atoms with Gasteiger partial charge in [0.15, 0.2) is 0 Å². The Morgan fingerprint density at radius 2 is 2.36 bits per heavy atom. The standard InChI is InChI=1S/C11H15BrN2/c1-7-4-8(6-13)10-5-9(12)2-3-11(10)14-7/h2-3,5,7-8,14H,4,6,13H2,1H3. The summed E-state index contributed by atoms with van der Waals surface area (Å²) in [6.07, 6.45) is 1.12. The molecule has 1 aromatic carbocycles. The van der Waals surface area contributed by atoms with Crippen molar-refractivity contribution >= 4 is 21.6 Å². The highest BCUT2D eigenvalue weighted by molar-refractivity contribution is 9.10. The predicted octanol–water partition coefficient (Wildman–Crippen LogP) is 2.70. The van der Waals surface area contributed by atoms with Crippen LogP contribution in [-0.2, 0) is 0 Å². The van der Waals surface area contributed by atoms with Crippen LogP contribution < -0.4 is 11.1 Å². The first kappa shape index (κ1) is 9.99. The van der Waals surface area contributed by atoms with Gasteiger partial charge in [-0.1, -0.05) is 15.9 Å². The Morgan fingerprint density at radius 3 is 3.07 bits per heavy atom. The SMILES string of the molecule is CC1CC(CN)c2cc(Br)ccc2N1. The van der Waals surface area contributed by atoms with Crippen LogP contribution in [0.2, 0.25) is 0 Å². The lowest BCUT2D eigenvalue weighted by atomic mass is 9.88. The molecule has 2 nitrogen and oxygen atoms in total. The molecule has 1 aliphatic rings. The lowest BCUT2D eigenvalue weighted by Gasteiger charge is -2.30. The molecule has 0 saturated carbocycles. The van der Waals surface area contributed by atoms with E-state index in [0.29, 0.717) is 12.0 Å². The molecular formula is C11H15BrN2. The minimum atomic E-state index is 0.499. The van der Waals surface area contributed by atoms with Gasteiger partial charge in [-0.3, -0.25) is 0 Å². The molecule has 0 aliphatic carbocycles. The van der Waals surface area contributed by atoms with E-state index in [2.05, 4.69) is 46.4 Å². The molecule has 2 unspecified atom stereocenters.